The fourth-order valence-electron chi connectivity index (χ4n) is 2.88. The first-order valence-corrected chi connectivity index (χ1v) is 10.5. The predicted octanol–water partition coefficient (Wildman–Crippen LogP) is 3.83. The normalized spacial score (nSPS) is 19.7. The molecule has 3 heterocycles. The molecule has 0 aromatic carbocycles. The highest BCUT2D eigenvalue weighted by molar-refractivity contribution is 8.01. The number of likely N-dealkylation sites (tertiary alicyclic amines) is 1. The number of carbonyl (C=O) groups is 2. The summed E-state index contributed by atoms with van der Waals surface area (Å²) in [5, 5.41) is 14.2. The van der Waals surface area contributed by atoms with Gasteiger partial charge in [-0.2, -0.15) is 26.3 Å². The molecule has 2 N–H and O–H groups in total. The van der Waals surface area contributed by atoms with E-state index in [1.165, 1.54) is 19.5 Å². The summed E-state index contributed by atoms with van der Waals surface area (Å²) in [7, 11) is 0. The lowest BCUT2D eigenvalue weighted by molar-refractivity contribution is -0.193. The number of ether oxygens (including phenoxy) is 1. The quantitative estimate of drug-likeness (QED) is 0.595. The van der Waals surface area contributed by atoms with Crippen LogP contribution in [-0.4, -0.2) is 80.1 Å². The number of carboxylic acids is 2. The maximum Gasteiger partial charge on any atom is 0.490 e. The van der Waals surface area contributed by atoms with Gasteiger partial charge in [-0.1, -0.05) is 6.07 Å². The third kappa shape index (κ3) is 10.2. The second kappa shape index (κ2) is 11.9. The van der Waals surface area contributed by atoms with Crippen molar-refractivity contribution in [1.29, 1.82) is 0 Å². The van der Waals surface area contributed by atoms with E-state index < -0.39 is 24.3 Å². The second-order valence-corrected chi connectivity index (χ2v) is 9.04. The van der Waals surface area contributed by atoms with E-state index in [1.807, 2.05) is 24.4 Å². The third-order valence-corrected chi connectivity index (χ3v) is 6.14. The Morgan fingerprint density at radius 3 is 2.06 bits per heavy atom. The summed E-state index contributed by atoms with van der Waals surface area (Å²) < 4.78 is 70.0. The summed E-state index contributed by atoms with van der Waals surface area (Å²) in [6.45, 7) is 7.68. The molecule has 0 aliphatic carbocycles. The molecular weight excluding hydrogens is 482 g/mol. The van der Waals surface area contributed by atoms with Crippen molar-refractivity contribution < 1.29 is 50.9 Å². The summed E-state index contributed by atoms with van der Waals surface area (Å²) >= 11 is 2.11. The maximum atomic E-state index is 10.6. The minimum absolute atomic E-state index is 0.404. The largest absolute Gasteiger partial charge is 0.490 e. The number of hydrogen-bond donors (Lipinski definition) is 2. The molecular formula is C19H24F6N2O5S. The first-order chi connectivity index (χ1) is 15.1. The lowest BCUT2D eigenvalue weighted by atomic mass is 9.92. The minimum Gasteiger partial charge on any atom is -0.475 e. The van der Waals surface area contributed by atoms with Gasteiger partial charge in [-0.3, -0.25) is 9.88 Å². The van der Waals surface area contributed by atoms with Crippen LogP contribution in [0.3, 0.4) is 0 Å². The van der Waals surface area contributed by atoms with Crippen LogP contribution in [0, 0.1) is 0 Å². The molecule has 2 fully saturated rings. The van der Waals surface area contributed by atoms with Crippen LogP contribution in [-0.2, 0) is 20.9 Å². The Labute approximate surface area is 190 Å². The summed E-state index contributed by atoms with van der Waals surface area (Å²) in [5.41, 5.74) is 1.03. The van der Waals surface area contributed by atoms with Gasteiger partial charge in [0, 0.05) is 35.8 Å². The number of thioether (sulfide) groups is 1. The fourth-order valence-corrected chi connectivity index (χ4v) is 4.45. The van der Waals surface area contributed by atoms with Crippen LogP contribution in [0.4, 0.5) is 26.3 Å². The molecule has 3 rings (SSSR count). The molecule has 0 amide bonds. The Balaban J connectivity index is 0.000000324. The molecule has 1 atom stereocenters. The molecule has 0 radical (unpaired) electrons. The van der Waals surface area contributed by atoms with Crippen LogP contribution in [0.25, 0.3) is 0 Å². The number of halogens is 6. The zero-order chi connectivity index (χ0) is 25.4. The van der Waals surface area contributed by atoms with Gasteiger partial charge < -0.3 is 14.9 Å². The standard InChI is InChI=1S/C15H22N2OS.2C2HF3O2/c1-12(2)17-10-15(11-17)7-14(9-19-15)18-8-13-5-3-4-6-16-13;2*3-2(4,5)1(6)7/h3-6,12,14H,7-11H2,1-2H3;2*(H,6,7). The number of rotatable bonds is 4. The molecule has 1 unspecified atom stereocenters. The molecule has 7 nitrogen and oxygen atoms in total. The Kier molecular flexibility index (Phi) is 10.4. The van der Waals surface area contributed by atoms with Gasteiger partial charge in [0.1, 0.15) is 0 Å². The number of hydrogen-bond acceptors (Lipinski definition) is 6. The number of aliphatic carboxylic acids is 2. The van der Waals surface area contributed by atoms with Crippen molar-refractivity contribution in [2.24, 2.45) is 0 Å². The van der Waals surface area contributed by atoms with Gasteiger partial charge in [0.2, 0.25) is 0 Å². The van der Waals surface area contributed by atoms with E-state index in [1.54, 1.807) is 0 Å². The summed E-state index contributed by atoms with van der Waals surface area (Å²) in [4.78, 5) is 24.6. The Hall–Kier alpha value is -2.06. The van der Waals surface area contributed by atoms with Crippen LogP contribution in [0.5, 0.6) is 0 Å². The number of alkyl halides is 6. The Bertz CT molecular complexity index is 746. The predicted molar refractivity (Wildman–Crippen MR) is 107 cm³/mol. The van der Waals surface area contributed by atoms with Crippen molar-refractivity contribution in [3.8, 4) is 0 Å². The van der Waals surface area contributed by atoms with Crippen molar-refractivity contribution in [1.82, 2.24) is 9.88 Å². The van der Waals surface area contributed by atoms with Crippen LogP contribution < -0.4 is 0 Å². The molecule has 2 aliphatic heterocycles. The highest BCUT2D eigenvalue weighted by atomic mass is 32.2. The van der Waals surface area contributed by atoms with E-state index in [0.717, 1.165) is 11.4 Å². The smallest absolute Gasteiger partial charge is 0.475 e. The van der Waals surface area contributed by atoms with E-state index >= 15 is 0 Å². The summed E-state index contributed by atoms with van der Waals surface area (Å²) in [5.74, 6) is -4.38. The Morgan fingerprint density at radius 2 is 1.67 bits per heavy atom. The van der Waals surface area contributed by atoms with Gasteiger partial charge in [-0.25, -0.2) is 9.59 Å². The monoisotopic (exact) mass is 506 g/mol. The minimum atomic E-state index is -5.08. The molecule has 1 aromatic heterocycles. The van der Waals surface area contributed by atoms with Gasteiger partial charge in [-0.05, 0) is 32.4 Å². The van der Waals surface area contributed by atoms with Crippen LogP contribution in [0.1, 0.15) is 26.0 Å². The van der Waals surface area contributed by atoms with Gasteiger partial charge in [-0.15, -0.1) is 11.8 Å². The molecule has 14 heteroatoms. The lowest BCUT2D eigenvalue weighted by Gasteiger charge is -2.49. The molecule has 188 valence electrons. The van der Waals surface area contributed by atoms with Crippen molar-refractivity contribution in [3.63, 3.8) is 0 Å². The molecule has 2 saturated heterocycles. The van der Waals surface area contributed by atoms with Crippen molar-refractivity contribution in [2.45, 2.75) is 56.1 Å². The number of aromatic nitrogens is 1. The summed E-state index contributed by atoms with van der Waals surface area (Å²) in [6, 6.07) is 6.67. The van der Waals surface area contributed by atoms with Crippen molar-refractivity contribution in [2.75, 3.05) is 18.8 Å². The van der Waals surface area contributed by atoms with E-state index in [9.17, 15) is 26.3 Å². The zero-order valence-corrected chi connectivity index (χ0v) is 18.5. The van der Waals surface area contributed by atoms with E-state index in [-0.39, 0.29) is 0 Å². The molecule has 33 heavy (non-hydrogen) atoms. The number of carboxylic acid groups (broad SMARTS) is 2. The SMILES string of the molecule is CC(C)N1CC2(CC(OCc3ccccn3)CS2)C1.O=C(O)C(F)(F)F.O=C(O)C(F)(F)F. The molecule has 1 aromatic rings. The third-order valence-electron chi connectivity index (χ3n) is 4.57. The topological polar surface area (TPSA) is 100.0 Å². The number of pyridine rings is 1. The van der Waals surface area contributed by atoms with Gasteiger partial charge in [0.15, 0.2) is 0 Å². The van der Waals surface area contributed by atoms with Gasteiger partial charge in [0.25, 0.3) is 0 Å². The van der Waals surface area contributed by atoms with Gasteiger partial charge in [0.05, 0.1) is 18.4 Å². The fraction of sp³-hybridized carbons (Fsp3) is 0.632. The van der Waals surface area contributed by atoms with Gasteiger partial charge >= 0.3 is 24.3 Å². The lowest BCUT2D eigenvalue weighted by Crippen LogP contribution is -2.60. The van der Waals surface area contributed by atoms with Crippen LogP contribution in [0.15, 0.2) is 24.4 Å². The molecule has 0 saturated carbocycles. The van der Waals surface area contributed by atoms with Crippen LogP contribution >= 0.6 is 11.8 Å². The van der Waals surface area contributed by atoms with E-state index in [2.05, 4.69) is 35.5 Å². The highest BCUT2D eigenvalue weighted by Crippen LogP contribution is 2.46. The summed E-state index contributed by atoms with van der Waals surface area (Å²) in [6.07, 6.45) is -6.73. The molecule has 2 aliphatic rings. The number of nitrogens with zero attached hydrogens (tertiary/aromatic N) is 2. The highest BCUT2D eigenvalue weighted by Gasteiger charge is 2.49. The van der Waals surface area contributed by atoms with E-state index in [0.29, 0.717) is 23.5 Å². The molecule has 0 bridgehead atoms. The van der Waals surface area contributed by atoms with E-state index in [4.69, 9.17) is 24.5 Å². The average molecular weight is 506 g/mol. The molecule has 1 spiro atoms. The maximum absolute atomic E-state index is 10.6. The first kappa shape index (κ1) is 29.0. The zero-order valence-electron chi connectivity index (χ0n) is 17.7. The first-order valence-electron chi connectivity index (χ1n) is 9.55. The second-order valence-electron chi connectivity index (χ2n) is 7.56. The Morgan fingerprint density at radius 1 is 1.15 bits per heavy atom. The van der Waals surface area contributed by atoms with Crippen molar-refractivity contribution in [3.05, 3.63) is 30.1 Å². The van der Waals surface area contributed by atoms with Crippen molar-refractivity contribution >= 4 is 23.7 Å². The average Bonchev–Trinajstić information content (AvgIpc) is 3.10. The van der Waals surface area contributed by atoms with Crippen LogP contribution in [0.2, 0.25) is 0 Å².